The normalized spacial score (nSPS) is 15.6. The molecule has 3 aromatic heterocycles. The maximum absolute atomic E-state index is 7.24. The Hall–Kier alpha value is -8.22. The van der Waals surface area contributed by atoms with E-state index >= 15 is 0 Å². The Labute approximate surface area is 405 Å². The molecule has 9 aromatic carbocycles. The van der Waals surface area contributed by atoms with Gasteiger partial charge in [-0.3, -0.25) is 0 Å². The van der Waals surface area contributed by atoms with E-state index in [4.69, 9.17) is 9.15 Å². The molecule has 70 heavy (non-hydrogen) atoms. The van der Waals surface area contributed by atoms with Crippen molar-refractivity contribution < 1.29 is 9.15 Å². The third-order valence-electron chi connectivity index (χ3n) is 16.7. The zero-order valence-corrected chi connectivity index (χ0v) is 39.5. The number of aromatic nitrogens is 2. The highest BCUT2D eigenvalue weighted by atomic mass is 16.5. The van der Waals surface area contributed by atoms with Gasteiger partial charge < -0.3 is 23.1 Å². The van der Waals surface area contributed by atoms with Crippen molar-refractivity contribution in [3.8, 4) is 56.5 Å². The molecule has 3 aliphatic heterocycles. The van der Waals surface area contributed by atoms with Gasteiger partial charge in [0.25, 0.3) is 0 Å². The third-order valence-corrected chi connectivity index (χ3v) is 16.7. The molecule has 0 amide bonds. The van der Waals surface area contributed by atoms with Crippen LogP contribution in [-0.2, 0) is 10.8 Å². The van der Waals surface area contributed by atoms with Gasteiger partial charge in [0, 0.05) is 49.3 Å². The molecular formula is C64H46BN3O2. The molecule has 4 aliphatic rings. The minimum atomic E-state index is -0.215. The number of hydrogen-bond donors (Lipinski definition) is 0. The lowest BCUT2D eigenvalue weighted by molar-refractivity contribution is 0.332. The van der Waals surface area contributed by atoms with Gasteiger partial charge in [-0.15, -0.1) is 0 Å². The first-order valence-electron chi connectivity index (χ1n) is 24.8. The largest absolute Gasteiger partial charge is 0.455 e. The summed E-state index contributed by atoms with van der Waals surface area (Å²) in [5.41, 5.74) is 21.4. The molecule has 0 spiro atoms. The molecule has 0 saturated heterocycles. The summed E-state index contributed by atoms with van der Waals surface area (Å²) in [7, 11) is 0. The summed E-state index contributed by atoms with van der Waals surface area (Å²) < 4.78 is 19.4. The van der Waals surface area contributed by atoms with Gasteiger partial charge in [0.1, 0.15) is 17.1 Å². The SMILES string of the molecule is CC1(C)CCC(C)(C)c2cc3c(cc21)c1c(-n2c4ccccc4c4ccccc42)cc2c4c1n3-c1cc3c(-c5ccccc5)c(-c5ccccc5)oc3cc1B4N1c3ccccc3Oc3cccc-2c31. The van der Waals surface area contributed by atoms with Crippen molar-refractivity contribution in [2.24, 2.45) is 0 Å². The Kier molecular flexibility index (Phi) is 7.36. The second-order valence-corrected chi connectivity index (χ2v) is 21.4. The maximum atomic E-state index is 7.24. The van der Waals surface area contributed by atoms with Crippen LogP contribution in [0.25, 0.3) is 99.5 Å². The molecule has 6 heteroatoms. The standard InChI is InChI=1S/C64H46BN3O2/c1-63(2)30-31-64(3,4)46-35-51-43(32-45(46)63)58-53(66-48-25-13-11-22-39(48)40-23-12-14-26-49(40)66)33-42-41-24-17-29-55-60(41)68(50-27-15-16-28-54(50)69-55)65-47-36-56-44(34-52(47)67(51)61(58)59(42)65)57(37-18-7-5-8-19-37)62(70-56)38-20-9-6-10-21-38/h5-29,32-36H,30-31H2,1-4H3. The van der Waals surface area contributed by atoms with Gasteiger partial charge in [-0.25, -0.2) is 0 Å². The van der Waals surface area contributed by atoms with Crippen molar-refractivity contribution in [1.82, 2.24) is 9.13 Å². The first kappa shape index (κ1) is 38.7. The van der Waals surface area contributed by atoms with Crippen molar-refractivity contribution in [2.45, 2.75) is 51.4 Å². The minimum Gasteiger partial charge on any atom is -0.455 e. The molecule has 6 heterocycles. The van der Waals surface area contributed by atoms with E-state index < -0.39 is 0 Å². The number of furan rings is 1. The number of benzene rings is 9. The number of para-hydroxylation sites is 5. The molecule has 332 valence electrons. The Morgan fingerprint density at radius 1 is 0.486 bits per heavy atom. The van der Waals surface area contributed by atoms with E-state index in [1.165, 1.54) is 88.2 Å². The Balaban J connectivity index is 1.15. The number of ether oxygens (including phenoxy) is 1. The lowest BCUT2D eigenvalue weighted by atomic mass is 9.43. The summed E-state index contributed by atoms with van der Waals surface area (Å²) in [6.45, 7) is 9.62. The first-order chi connectivity index (χ1) is 34.2. The van der Waals surface area contributed by atoms with Crippen LogP contribution in [0.3, 0.4) is 0 Å². The first-order valence-corrected chi connectivity index (χ1v) is 24.8. The molecule has 1 aliphatic carbocycles. The Morgan fingerprint density at radius 3 is 1.87 bits per heavy atom. The number of rotatable bonds is 3. The summed E-state index contributed by atoms with van der Waals surface area (Å²) in [6, 6.07) is 67.2. The van der Waals surface area contributed by atoms with Crippen molar-refractivity contribution in [3.63, 3.8) is 0 Å². The molecule has 0 fully saturated rings. The van der Waals surface area contributed by atoms with Crippen molar-refractivity contribution >= 4 is 83.7 Å². The van der Waals surface area contributed by atoms with Crippen molar-refractivity contribution in [2.75, 3.05) is 4.81 Å². The van der Waals surface area contributed by atoms with Gasteiger partial charge >= 0.3 is 6.85 Å². The highest BCUT2D eigenvalue weighted by Gasteiger charge is 2.49. The number of fused-ring (bicyclic) bond motifs is 15. The summed E-state index contributed by atoms with van der Waals surface area (Å²) in [5.74, 6) is 2.60. The topological polar surface area (TPSA) is 35.5 Å². The minimum absolute atomic E-state index is 0.00265. The average molecular weight is 900 g/mol. The van der Waals surface area contributed by atoms with Gasteiger partial charge in [0.15, 0.2) is 5.75 Å². The fourth-order valence-corrected chi connectivity index (χ4v) is 13.4. The molecule has 0 unspecified atom stereocenters. The summed E-state index contributed by atoms with van der Waals surface area (Å²) in [5, 5.41) is 6.16. The van der Waals surface area contributed by atoms with Crippen LogP contribution in [0.5, 0.6) is 11.5 Å². The monoisotopic (exact) mass is 899 g/mol. The molecule has 0 atom stereocenters. The smallest absolute Gasteiger partial charge is 0.333 e. The van der Waals surface area contributed by atoms with Gasteiger partial charge in [-0.2, -0.15) is 0 Å². The highest BCUT2D eigenvalue weighted by Crippen LogP contribution is 2.57. The van der Waals surface area contributed by atoms with Crippen LogP contribution >= 0.6 is 0 Å². The van der Waals surface area contributed by atoms with Crippen LogP contribution in [0.1, 0.15) is 51.7 Å². The fourth-order valence-electron chi connectivity index (χ4n) is 13.4. The lowest BCUT2D eigenvalue weighted by Gasteiger charge is -2.45. The molecule has 16 rings (SSSR count). The van der Waals surface area contributed by atoms with E-state index in [9.17, 15) is 0 Å². The van der Waals surface area contributed by atoms with Crippen LogP contribution in [0, 0.1) is 0 Å². The van der Waals surface area contributed by atoms with E-state index in [-0.39, 0.29) is 17.7 Å². The zero-order chi connectivity index (χ0) is 46.4. The van der Waals surface area contributed by atoms with E-state index in [0.717, 1.165) is 69.1 Å². The van der Waals surface area contributed by atoms with Crippen LogP contribution in [0.2, 0.25) is 0 Å². The molecule has 12 aromatic rings. The third kappa shape index (κ3) is 4.88. The molecule has 0 N–H and O–H groups in total. The highest BCUT2D eigenvalue weighted by molar-refractivity contribution is 6.94. The predicted molar refractivity (Wildman–Crippen MR) is 290 cm³/mol. The van der Waals surface area contributed by atoms with E-state index in [2.05, 4.69) is 224 Å². The van der Waals surface area contributed by atoms with Gasteiger partial charge in [-0.1, -0.05) is 149 Å². The molecule has 5 nitrogen and oxygen atoms in total. The zero-order valence-electron chi connectivity index (χ0n) is 39.5. The second kappa shape index (κ2) is 13.3. The molecule has 0 saturated carbocycles. The number of anilines is 2. The van der Waals surface area contributed by atoms with E-state index in [1.54, 1.807) is 0 Å². The van der Waals surface area contributed by atoms with Gasteiger partial charge in [-0.05, 0) is 118 Å². The van der Waals surface area contributed by atoms with Crippen molar-refractivity contribution in [1.29, 1.82) is 0 Å². The Bertz CT molecular complexity index is 4230. The molecule has 0 radical (unpaired) electrons. The van der Waals surface area contributed by atoms with Crippen LogP contribution in [0.4, 0.5) is 11.4 Å². The predicted octanol–water partition coefficient (Wildman–Crippen LogP) is 15.7. The van der Waals surface area contributed by atoms with Gasteiger partial charge in [0.2, 0.25) is 0 Å². The lowest BCUT2D eigenvalue weighted by Crippen LogP contribution is -2.61. The number of nitrogens with zero attached hydrogens (tertiary/aromatic N) is 3. The fraction of sp³-hybridized carbons (Fsp3) is 0.125. The summed E-state index contributed by atoms with van der Waals surface area (Å²) >= 11 is 0. The molecular weight excluding hydrogens is 854 g/mol. The maximum Gasteiger partial charge on any atom is 0.333 e. The summed E-state index contributed by atoms with van der Waals surface area (Å²) in [6.07, 6.45) is 2.27. The second-order valence-electron chi connectivity index (χ2n) is 21.4. The van der Waals surface area contributed by atoms with E-state index in [0.29, 0.717) is 0 Å². The van der Waals surface area contributed by atoms with Crippen LogP contribution < -0.4 is 20.5 Å². The number of hydrogen-bond acceptors (Lipinski definition) is 3. The average Bonchev–Trinajstić information content (AvgIpc) is 4.05. The summed E-state index contributed by atoms with van der Waals surface area (Å²) in [4.78, 5) is 2.59. The quantitative estimate of drug-likeness (QED) is 0.166. The van der Waals surface area contributed by atoms with E-state index in [1.807, 2.05) is 0 Å². The molecule has 0 bridgehead atoms. The van der Waals surface area contributed by atoms with Crippen LogP contribution in [-0.4, -0.2) is 16.0 Å². The Morgan fingerprint density at radius 2 is 1.13 bits per heavy atom. The van der Waals surface area contributed by atoms with Gasteiger partial charge in [0.05, 0.1) is 39.1 Å². The van der Waals surface area contributed by atoms with Crippen LogP contribution in [0.15, 0.2) is 186 Å². The van der Waals surface area contributed by atoms with Crippen molar-refractivity contribution in [3.05, 3.63) is 193 Å².